The summed E-state index contributed by atoms with van der Waals surface area (Å²) in [6.45, 7) is 2.78. The molecule has 0 saturated carbocycles. The number of aryl methyl sites for hydroxylation is 1. The van der Waals surface area contributed by atoms with E-state index in [1.807, 2.05) is 19.1 Å². The Labute approximate surface area is 167 Å². The molecule has 3 aromatic rings. The van der Waals surface area contributed by atoms with E-state index in [4.69, 9.17) is 0 Å². The van der Waals surface area contributed by atoms with Gasteiger partial charge >= 0.3 is 5.69 Å². The number of carbonyl (C=O) groups excluding carboxylic acids is 2. The van der Waals surface area contributed by atoms with Gasteiger partial charge in [-0.15, -0.1) is 5.10 Å². The number of anilines is 1. The molecule has 0 atom stereocenters. The quantitative estimate of drug-likeness (QED) is 0.713. The SMILES string of the molecule is Cc1ccnc(NC(=O)C2CCN(C(=O)Cn3nc4ccccn4c3=O)CC2)c1. The molecule has 1 N–H and O–H groups in total. The minimum atomic E-state index is -0.339. The Kier molecular flexibility index (Phi) is 5.11. The van der Waals surface area contributed by atoms with Crippen LogP contribution >= 0.6 is 0 Å². The summed E-state index contributed by atoms with van der Waals surface area (Å²) < 4.78 is 2.59. The van der Waals surface area contributed by atoms with E-state index >= 15 is 0 Å². The molecular weight excluding hydrogens is 372 g/mol. The zero-order chi connectivity index (χ0) is 20.4. The average Bonchev–Trinajstić information content (AvgIpc) is 3.04. The lowest BCUT2D eigenvalue weighted by Gasteiger charge is -2.31. The first-order valence-electron chi connectivity index (χ1n) is 9.57. The van der Waals surface area contributed by atoms with Gasteiger partial charge in [0.2, 0.25) is 11.8 Å². The van der Waals surface area contributed by atoms with E-state index in [0.29, 0.717) is 37.4 Å². The van der Waals surface area contributed by atoms with E-state index in [1.165, 1.54) is 9.08 Å². The van der Waals surface area contributed by atoms with E-state index in [2.05, 4.69) is 15.4 Å². The molecule has 1 fully saturated rings. The highest BCUT2D eigenvalue weighted by molar-refractivity contribution is 5.92. The van der Waals surface area contributed by atoms with Gasteiger partial charge < -0.3 is 10.2 Å². The summed E-state index contributed by atoms with van der Waals surface area (Å²) in [5.74, 6) is 0.125. The lowest BCUT2D eigenvalue weighted by molar-refractivity contribution is -0.135. The predicted octanol–water partition coefficient (Wildman–Crippen LogP) is 1.08. The number of rotatable bonds is 4. The molecule has 1 aliphatic rings. The maximum Gasteiger partial charge on any atom is 0.350 e. The van der Waals surface area contributed by atoms with Crippen molar-refractivity contribution in [3.8, 4) is 0 Å². The van der Waals surface area contributed by atoms with Crippen LogP contribution in [0.15, 0.2) is 47.5 Å². The van der Waals surface area contributed by atoms with E-state index in [1.54, 1.807) is 35.5 Å². The van der Waals surface area contributed by atoms with Gasteiger partial charge in [-0.25, -0.2) is 14.5 Å². The first-order chi connectivity index (χ1) is 14.0. The van der Waals surface area contributed by atoms with E-state index in [-0.39, 0.29) is 30.0 Å². The van der Waals surface area contributed by atoms with Crippen LogP contribution in [0.4, 0.5) is 5.82 Å². The van der Waals surface area contributed by atoms with Crippen molar-refractivity contribution in [3.05, 3.63) is 58.8 Å². The van der Waals surface area contributed by atoms with Gasteiger partial charge in [-0.1, -0.05) is 6.07 Å². The van der Waals surface area contributed by atoms with Crippen LogP contribution in [0.3, 0.4) is 0 Å². The predicted molar refractivity (Wildman–Crippen MR) is 106 cm³/mol. The number of amides is 2. The van der Waals surface area contributed by atoms with E-state index in [0.717, 1.165) is 5.56 Å². The third-order valence-electron chi connectivity index (χ3n) is 5.16. The highest BCUT2D eigenvalue weighted by Gasteiger charge is 2.28. The molecule has 0 aliphatic carbocycles. The largest absolute Gasteiger partial charge is 0.350 e. The van der Waals surface area contributed by atoms with Gasteiger partial charge in [-0.05, 0) is 49.6 Å². The monoisotopic (exact) mass is 394 g/mol. The maximum atomic E-state index is 12.6. The van der Waals surface area contributed by atoms with Gasteiger partial charge in [-0.2, -0.15) is 0 Å². The fraction of sp³-hybridized carbons (Fsp3) is 0.350. The lowest BCUT2D eigenvalue weighted by Crippen LogP contribution is -2.43. The summed E-state index contributed by atoms with van der Waals surface area (Å²) in [5.41, 5.74) is 1.19. The number of pyridine rings is 2. The first kappa shape index (κ1) is 18.9. The number of hydrogen-bond acceptors (Lipinski definition) is 5. The fourth-order valence-corrected chi connectivity index (χ4v) is 3.52. The van der Waals surface area contributed by atoms with Gasteiger partial charge in [-0.3, -0.25) is 14.0 Å². The molecule has 0 radical (unpaired) electrons. The molecule has 4 rings (SSSR count). The minimum Gasteiger partial charge on any atom is -0.341 e. The number of nitrogens with zero attached hydrogens (tertiary/aromatic N) is 5. The summed E-state index contributed by atoms with van der Waals surface area (Å²) >= 11 is 0. The van der Waals surface area contributed by atoms with Crippen LogP contribution in [0.1, 0.15) is 18.4 Å². The number of piperidine rings is 1. The standard InChI is InChI=1S/C20H22N6O3/c1-14-5-8-21-16(12-14)22-19(28)15-6-10-24(11-7-15)18(27)13-26-20(29)25-9-3-2-4-17(25)23-26/h2-5,8-9,12,15H,6-7,10-11,13H2,1H3,(H,21,22,28). The molecule has 0 bridgehead atoms. The second kappa shape index (κ2) is 7.86. The molecule has 3 aromatic heterocycles. The second-order valence-corrected chi connectivity index (χ2v) is 7.23. The van der Waals surface area contributed by atoms with Gasteiger partial charge in [0.1, 0.15) is 12.4 Å². The minimum absolute atomic E-state index is 0.0771. The van der Waals surface area contributed by atoms with Gasteiger partial charge in [0.15, 0.2) is 5.65 Å². The first-order valence-corrected chi connectivity index (χ1v) is 9.57. The van der Waals surface area contributed by atoms with Crippen molar-refractivity contribution in [1.82, 2.24) is 24.1 Å². The highest BCUT2D eigenvalue weighted by atomic mass is 16.2. The molecule has 4 heterocycles. The van der Waals surface area contributed by atoms with Crippen molar-refractivity contribution >= 4 is 23.3 Å². The van der Waals surface area contributed by atoms with Crippen molar-refractivity contribution in [2.75, 3.05) is 18.4 Å². The van der Waals surface area contributed by atoms with Crippen LogP contribution in [0.25, 0.3) is 5.65 Å². The van der Waals surface area contributed by atoms with Crippen molar-refractivity contribution in [2.45, 2.75) is 26.3 Å². The topological polar surface area (TPSA) is 102 Å². The molecule has 0 unspecified atom stereocenters. The summed E-state index contributed by atoms with van der Waals surface area (Å²) in [7, 11) is 0. The Balaban J connectivity index is 1.34. The number of fused-ring (bicyclic) bond motifs is 1. The molecule has 1 aliphatic heterocycles. The van der Waals surface area contributed by atoms with Crippen LogP contribution in [0, 0.1) is 12.8 Å². The average molecular weight is 394 g/mol. The van der Waals surface area contributed by atoms with Crippen molar-refractivity contribution in [1.29, 1.82) is 0 Å². The van der Waals surface area contributed by atoms with Crippen LogP contribution in [0.2, 0.25) is 0 Å². The van der Waals surface area contributed by atoms with E-state index < -0.39 is 0 Å². The second-order valence-electron chi connectivity index (χ2n) is 7.23. The normalized spacial score (nSPS) is 14.9. The third-order valence-corrected chi connectivity index (χ3v) is 5.16. The van der Waals surface area contributed by atoms with Gasteiger partial charge in [0.05, 0.1) is 0 Å². The van der Waals surface area contributed by atoms with Crippen LogP contribution in [-0.2, 0) is 16.1 Å². The highest BCUT2D eigenvalue weighted by Crippen LogP contribution is 2.19. The van der Waals surface area contributed by atoms with Gasteiger partial charge in [0, 0.05) is 31.4 Å². The fourth-order valence-electron chi connectivity index (χ4n) is 3.52. The molecule has 9 heteroatoms. The number of likely N-dealkylation sites (tertiary alicyclic amines) is 1. The molecule has 29 heavy (non-hydrogen) atoms. The zero-order valence-electron chi connectivity index (χ0n) is 16.1. The van der Waals surface area contributed by atoms with Crippen molar-refractivity contribution in [2.24, 2.45) is 5.92 Å². The maximum absolute atomic E-state index is 12.6. The summed E-state index contributed by atoms with van der Waals surface area (Å²) in [6, 6.07) is 8.94. The smallest absolute Gasteiger partial charge is 0.341 e. The number of nitrogens with one attached hydrogen (secondary N) is 1. The Hall–Kier alpha value is -3.49. The van der Waals surface area contributed by atoms with Crippen LogP contribution < -0.4 is 11.0 Å². The Bertz CT molecular complexity index is 1110. The Morgan fingerprint density at radius 1 is 1.21 bits per heavy atom. The molecule has 0 aromatic carbocycles. The molecule has 9 nitrogen and oxygen atoms in total. The number of carbonyl (C=O) groups is 2. The Morgan fingerprint density at radius 3 is 2.72 bits per heavy atom. The molecule has 150 valence electrons. The molecule has 1 saturated heterocycles. The summed E-state index contributed by atoms with van der Waals surface area (Å²) in [4.78, 5) is 43.2. The molecule has 0 spiro atoms. The number of hydrogen-bond donors (Lipinski definition) is 1. The summed E-state index contributed by atoms with van der Waals surface area (Å²) in [5, 5.41) is 7.04. The van der Waals surface area contributed by atoms with Crippen LogP contribution in [0.5, 0.6) is 0 Å². The Morgan fingerprint density at radius 2 is 2.00 bits per heavy atom. The molecule has 2 amide bonds. The molecular formula is C20H22N6O3. The van der Waals surface area contributed by atoms with Crippen LogP contribution in [-0.4, -0.2) is 49.0 Å². The summed E-state index contributed by atoms with van der Waals surface area (Å²) in [6.07, 6.45) is 4.43. The third kappa shape index (κ3) is 4.03. The van der Waals surface area contributed by atoms with Gasteiger partial charge in [0.25, 0.3) is 0 Å². The van der Waals surface area contributed by atoms with Crippen molar-refractivity contribution < 1.29 is 9.59 Å². The van der Waals surface area contributed by atoms with E-state index in [9.17, 15) is 14.4 Å². The lowest BCUT2D eigenvalue weighted by atomic mass is 9.96. The zero-order valence-corrected chi connectivity index (χ0v) is 16.1. The van der Waals surface area contributed by atoms with Crippen molar-refractivity contribution in [3.63, 3.8) is 0 Å². The number of aromatic nitrogens is 4.